The first-order chi connectivity index (χ1) is 11.6. The number of phosphoric ester groups is 1. The number of rotatable bonds is 19. The smallest absolute Gasteiger partial charge is 0.328 e. The largest absolute Gasteiger partial charge is 0.472 e. The van der Waals surface area contributed by atoms with Crippen LogP contribution in [0.15, 0.2) is 0 Å². The average molecular weight is 365 g/mol. The third-order valence-electron chi connectivity index (χ3n) is 4.12. The highest BCUT2D eigenvalue weighted by Crippen LogP contribution is 2.42. The summed E-state index contributed by atoms with van der Waals surface area (Å²) in [6, 6.07) is 0. The molecule has 5 nitrogen and oxygen atoms in total. The van der Waals surface area contributed by atoms with Crippen LogP contribution in [0.25, 0.3) is 0 Å². The molecule has 0 spiro atoms. The Morgan fingerprint density at radius 1 is 0.708 bits per heavy atom. The molecule has 0 aromatic rings. The maximum atomic E-state index is 11.4. The number of nitrogens with two attached hydrogens (primary N) is 1. The zero-order valence-electron chi connectivity index (χ0n) is 15.7. The highest BCUT2D eigenvalue weighted by molar-refractivity contribution is 7.47. The van der Waals surface area contributed by atoms with Crippen molar-refractivity contribution in [2.75, 3.05) is 19.8 Å². The molecule has 0 heterocycles. The van der Waals surface area contributed by atoms with E-state index < -0.39 is 7.82 Å². The molecule has 0 amide bonds. The molecule has 0 rings (SSSR count). The van der Waals surface area contributed by atoms with Crippen molar-refractivity contribution >= 4 is 7.82 Å². The topological polar surface area (TPSA) is 81.8 Å². The Bertz CT molecular complexity index is 303. The van der Waals surface area contributed by atoms with Crippen molar-refractivity contribution in [1.29, 1.82) is 0 Å². The Kier molecular flexibility index (Phi) is 17.9. The maximum Gasteiger partial charge on any atom is 0.472 e. The minimum Gasteiger partial charge on any atom is -0.328 e. The van der Waals surface area contributed by atoms with E-state index in [0.717, 1.165) is 12.8 Å². The van der Waals surface area contributed by atoms with E-state index in [9.17, 15) is 9.46 Å². The fourth-order valence-corrected chi connectivity index (χ4v) is 3.45. The van der Waals surface area contributed by atoms with Gasteiger partial charge < -0.3 is 10.6 Å². The first kappa shape index (κ1) is 24.1. The van der Waals surface area contributed by atoms with Crippen LogP contribution in [0.2, 0.25) is 0 Å². The van der Waals surface area contributed by atoms with Gasteiger partial charge in [0.05, 0.1) is 13.2 Å². The Balaban J connectivity index is 3.16. The van der Waals surface area contributed by atoms with E-state index in [0.29, 0.717) is 0 Å². The van der Waals surface area contributed by atoms with Gasteiger partial charge in [0.2, 0.25) is 0 Å². The standard InChI is InChI=1S/C18H40NO4P/c1-2-3-4-5-6-7-8-9-10-11-12-13-14-15-17-22-24(20,21)23-18-16-19/h2-19H2,1H3,(H,20,21). The Labute approximate surface area is 149 Å². The van der Waals surface area contributed by atoms with Gasteiger partial charge in [0.15, 0.2) is 0 Å². The molecular formula is C18H40NO4P. The molecule has 0 aromatic carbocycles. The second-order valence-electron chi connectivity index (χ2n) is 6.52. The van der Waals surface area contributed by atoms with Gasteiger partial charge in [0.25, 0.3) is 0 Å². The van der Waals surface area contributed by atoms with Crippen molar-refractivity contribution in [2.45, 2.75) is 96.8 Å². The summed E-state index contributed by atoms with van der Waals surface area (Å²) in [6.07, 6.45) is 18.0. The van der Waals surface area contributed by atoms with Crippen LogP contribution in [0.5, 0.6) is 0 Å². The van der Waals surface area contributed by atoms with Gasteiger partial charge in [-0.3, -0.25) is 9.05 Å². The van der Waals surface area contributed by atoms with Crippen LogP contribution < -0.4 is 5.73 Å². The fraction of sp³-hybridized carbons (Fsp3) is 1.00. The van der Waals surface area contributed by atoms with Crippen LogP contribution in [0.3, 0.4) is 0 Å². The Hall–Kier alpha value is 0.0700. The van der Waals surface area contributed by atoms with E-state index in [-0.39, 0.29) is 19.8 Å². The lowest BCUT2D eigenvalue weighted by molar-refractivity contribution is 0.150. The first-order valence-electron chi connectivity index (χ1n) is 9.94. The van der Waals surface area contributed by atoms with Crippen LogP contribution >= 0.6 is 7.82 Å². The Morgan fingerprint density at radius 3 is 1.50 bits per heavy atom. The van der Waals surface area contributed by atoms with E-state index in [1.165, 1.54) is 77.0 Å². The predicted octanol–water partition coefficient (Wildman–Crippen LogP) is 5.56. The molecule has 1 atom stereocenters. The number of unbranched alkanes of at least 4 members (excludes halogenated alkanes) is 13. The Morgan fingerprint density at radius 2 is 1.08 bits per heavy atom. The molecule has 3 N–H and O–H groups in total. The zero-order valence-corrected chi connectivity index (χ0v) is 16.6. The van der Waals surface area contributed by atoms with E-state index >= 15 is 0 Å². The summed E-state index contributed by atoms with van der Waals surface area (Å²) in [7, 11) is -3.88. The summed E-state index contributed by atoms with van der Waals surface area (Å²) in [5.74, 6) is 0. The van der Waals surface area contributed by atoms with Crippen molar-refractivity contribution in [1.82, 2.24) is 0 Å². The molecule has 0 saturated carbocycles. The van der Waals surface area contributed by atoms with Gasteiger partial charge >= 0.3 is 7.82 Å². The molecule has 0 aliphatic heterocycles. The lowest BCUT2D eigenvalue weighted by Gasteiger charge is -2.11. The summed E-state index contributed by atoms with van der Waals surface area (Å²) >= 11 is 0. The predicted molar refractivity (Wildman–Crippen MR) is 101 cm³/mol. The SMILES string of the molecule is CCCCCCCCCCCCCCCCOP(=O)(O)OCCN. The van der Waals surface area contributed by atoms with Crippen molar-refractivity contribution in [2.24, 2.45) is 5.73 Å². The molecule has 0 radical (unpaired) electrons. The van der Waals surface area contributed by atoms with Gasteiger partial charge in [0, 0.05) is 6.54 Å². The molecule has 0 aliphatic carbocycles. The number of hydrogen-bond donors (Lipinski definition) is 2. The van der Waals surface area contributed by atoms with E-state index in [4.69, 9.17) is 10.3 Å². The molecule has 6 heteroatoms. The van der Waals surface area contributed by atoms with Gasteiger partial charge in [-0.15, -0.1) is 0 Å². The highest BCUT2D eigenvalue weighted by atomic mass is 31.2. The summed E-state index contributed by atoms with van der Waals surface area (Å²) in [6.45, 7) is 2.80. The fourth-order valence-electron chi connectivity index (χ4n) is 2.68. The van der Waals surface area contributed by atoms with Crippen molar-refractivity contribution in [3.8, 4) is 0 Å². The lowest BCUT2D eigenvalue weighted by atomic mass is 10.0. The van der Waals surface area contributed by atoms with Crippen molar-refractivity contribution in [3.05, 3.63) is 0 Å². The van der Waals surface area contributed by atoms with Crippen LogP contribution in [0.4, 0.5) is 0 Å². The quantitative estimate of drug-likeness (QED) is 0.231. The van der Waals surface area contributed by atoms with Crippen LogP contribution in [-0.2, 0) is 13.6 Å². The zero-order chi connectivity index (χ0) is 17.9. The normalized spacial score (nSPS) is 14.0. The molecule has 24 heavy (non-hydrogen) atoms. The molecule has 0 aromatic heterocycles. The summed E-state index contributed by atoms with van der Waals surface area (Å²) < 4.78 is 20.9. The molecule has 0 saturated heterocycles. The van der Waals surface area contributed by atoms with Gasteiger partial charge in [-0.1, -0.05) is 90.4 Å². The highest BCUT2D eigenvalue weighted by Gasteiger charge is 2.19. The van der Waals surface area contributed by atoms with Gasteiger partial charge in [-0.2, -0.15) is 0 Å². The summed E-state index contributed by atoms with van der Waals surface area (Å²) in [5, 5.41) is 0. The third kappa shape index (κ3) is 18.4. The second-order valence-corrected chi connectivity index (χ2v) is 7.97. The van der Waals surface area contributed by atoms with Crippen LogP contribution in [0.1, 0.15) is 96.8 Å². The lowest BCUT2D eigenvalue weighted by Crippen LogP contribution is -2.08. The maximum absolute atomic E-state index is 11.4. The minimum atomic E-state index is -3.88. The molecular weight excluding hydrogens is 325 g/mol. The third-order valence-corrected chi connectivity index (χ3v) is 5.14. The van der Waals surface area contributed by atoms with Gasteiger partial charge in [-0.05, 0) is 6.42 Å². The minimum absolute atomic E-state index is 0.0481. The van der Waals surface area contributed by atoms with E-state index in [1.807, 2.05) is 0 Å². The molecule has 0 bridgehead atoms. The van der Waals surface area contributed by atoms with Crippen molar-refractivity contribution in [3.63, 3.8) is 0 Å². The van der Waals surface area contributed by atoms with Crippen molar-refractivity contribution < 1.29 is 18.5 Å². The van der Waals surface area contributed by atoms with Crippen LogP contribution in [-0.4, -0.2) is 24.7 Å². The first-order valence-corrected chi connectivity index (χ1v) is 11.4. The summed E-state index contributed by atoms with van der Waals surface area (Å²) in [4.78, 5) is 9.30. The summed E-state index contributed by atoms with van der Waals surface area (Å²) in [5.41, 5.74) is 5.21. The second kappa shape index (κ2) is 17.9. The molecule has 146 valence electrons. The van der Waals surface area contributed by atoms with Gasteiger partial charge in [-0.25, -0.2) is 4.57 Å². The molecule has 0 fully saturated rings. The number of hydrogen-bond acceptors (Lipinski definition) is 4. The monoisotopic (exact) mass is 365 g/mol. The van der Waals surface area contributed by atoms with E-state index in [2.05, 4.69) is 11.4 Å². The average Bonchev–Trinajstić information content (AvgIpc) is 2.56. The molecule has 0 aliphatic rings. The van der Waals surface area contributed by atoms with Crippen LogP contribution in [0, 0.1) is 0 Å². The van der Waals surface area contributed by atoms with E-state index in [1.54, 1.807) is 0 Å². The molecule has 1 unspecified atom stereocenters. The van der Waals surface area contributed by atoms with Gasteiger partial charge in [0.1, 0.15) is 0 Å². The number of phosphoric acid groups is 1.